The van der Waals surface area contributed by atoms with E-state index in [2.05, 4.69) is 27.1 Å². The van der Waals surface area contributed by atoms with Crippen LogP contribution in [0.2, 0.25) is 0 Å². The summed E-state index contributed by atoms with van der Waals surface area (Å²) in [6, 6.07) is 4.13. The van der Waals surface area contributed by atoms with E-state index < -0.39 is 9.84 Å². The molecule has 0 aliphatic carbocycles. The highest BCUT2D eigenvalue weighted by Crippen LogP contribution is 2.11. The molecule has 1 fully saturated rings. The van der Waals surface area contributed by atoms with Crippen molar-refractivity contribution < 1.29 is 8.42 Å². The quantitative estimate of drug-likeness (QED) is 0.413. The number of nitrogens with one attached hydrogen (secondary N) is 2. The first-order valence-electron chi connectivity index (χ1n) is 6.87. The molecule has 21 heavy (non-hydrogen) atoms. The predicted molar refractivity (Wildman–Crippen MR) is 99.6 cm³/mol. The van der Waals surface area contributed by atoms with Gasteiger partial charge in [0, 0.05) is 30.4 Å². The number of sulfone groups is 1. The minimum absolute atomic E-state index is 0. The summed E-state index contributed by atoms with van der Waals surface area (Å²) in [7, 11) is -2.86. The van der Waals surface area contributed by atoms with E-state index in [0.717, 1.165) is 13.0 Å². The first kappa shape index (κ1) is 18.7. The Kier molecular flexibility index (Phi) is 7.96. The fourth-order valence-electron chi connectivity index (χ4n) is 2.15. The van der Waals surface area contributed by atoms with Crippen molar-refractivity contribution in [2.24, 2.45) is 4.99 Å². The molecule has 0 spiro atoms. The molecule has 1 saturated heterocycles. The molecule has 1 atom stereocenters. The summed E-state index contributed by atoms with van der Waals surface area (Å²) in [6.07, 6.45) is 1.58. The average molecular weight is 443 g/mol. The van der Waals surface area contributed by atoms with E-state index in [0.29, 0.717) is 18.9 Å². The largest absolute Gasteiger partial charge is 0.357 e. The number of rotatable bonds is 5. The van der Waals surface area contributed by atoms with Gasteiger partial charge in [-0.25, -0.2) is 8.42 Å². The lowest BCUT2D eigenvalue weighted by Gasteiger charge is -2.15. The third-order valence-corrected chi connectivity index (χ3v) is 5.83. The van der Waals surface area contributed by atoms with Crippen molar-refractivity contribution in [3.8, 4) is 0 Å². The van der Waals surface area contributed by atoms with E-state index in [1.165, 1.54) is 4.88 Å². The molecule has 1 aliphatic heterocycles. The molecule has 1 aliphatic rings. The van der Waals surface area contributed by atoms with Crippen molar-refractivity contribution in [2.45, 2.75) is 25.8 Å². The van der Waals surface area contributed by atoms with Crippen LogP contribution in [0.25, 0.3) is 0 Å². The van der Waals surface area contributed by atoms with Crippen LogP contribution in [0.3, 0.4) is 0 Å². The maximum absolute atomic E-state index is 11.5. The smallest absolute Gasteiger partial charge is 0.191 e. The number of nitrogens with zero attached hydrogens (tertiary/aromatic N) is 1. The number of thiophene rings is 1. The Hall–Kier alpha value is -0.350. The fraction of sp³-hybridized carbons (Fsp3) is 0.615. The normalized spacial score (nSPS) is 20.8. The van der Waals surface area contributed by atoms with E-state index >= 15 is 0 Å². The third kappa shape index (κ3) is 6.52. The highest BCUT2D eigenvalue weighted by molar-refractivity contribution is 14.0. The highest BCUT2D eigenvalue weighted by atomic mass is 127. The van der Waals surface area contributed by atoms with Gasteiger partial charge in [0.2, 0.25) is 0 Å². The molecule has 0 saturated carbocycles. The summed E-state index contributed by atoms with van der Waals surface area (Å²) < 4.78 is 22.9. The standard InChI is InChI=1S/C13H21N3O2S2.HI/c1-2-14-13(15-7-5-12-4-3-8-19-12)16-11-6-9-20(17,18)10-11;/h3-4,8,11H,2,5-7,9-10H2,1H3,(H2,14,15,16);1H. The maximum atomic E-state index is 11.5. The molecule has 1 aromatic heterocycles. The minimum Gasteiger partial charge on any atom is -0.357 e. The topological polar surface area (TPSA) is 70.6 Å². The monoisotopic (exact) mass is 443 g/mol. The van der Waals surface area contributed by atoms with Crippen molar-refractivity contribution in [1.29, 1.82) is 0 Å². The zero-order chi connectivity index (χ0) is 14.4. The number of hydrogen-bond donors (Lipinski definition) is 2. The third-order valence-electron chi connectivity index (χ3n) is 3.13. The van der Waals surface area contributed by atoms with Crippen LogP contribution in [0.1, 0.15) is 18.2 Å². The number of hydrogen-bond acceptors (Lipinski definition) is 4. The predicted octanol–water partition coefficient (Wildman–Crippen LogP) is 1.65. The average Bonchev–Trinajstić information content (AvgIpc) is 2.99. The van der Waals surface area contributed by atoms with Crippen LogP contribution in [0.4, 0.5) is 0 Å². The first-order valence-corrected chi connectivity index (χ1v) is 9.57. The lowest BCUT2D eigenvalue weighted by molar-refractivity contribution is 0.599. The van der Waals surface area contributed by atoms with E-state index in [1.807, 2.05) is 13.0 Å². The molecule has 120 valence electrons. The number of halogens is 1. The van der Waals surface area contributed by atoms with Gasteiger partial charge in [0.05, 0.1) is 11.5 Å². The molecule has 2 rings (SSSR count). The minimum atomic E-state index is -2.86. The second-order valence-corrected chi connectivity index (χ2v) is 8.10. The fourth-order valence-corrected chi connectivity index (χ4v) is 4.53. The van der Waals surface area contributed by atoms with E-state index in [1.54, 1.807) is 11.3 Å². The zero-order valence-corrected chi connectivity index (χ0v) is 16.0. The zero-order valence-electron chi connectivity index (χ0n) is 12.0. The van der Waals surface area contributed by atoms with Crippen LogP contribution in [0.15, 0.2) is 22.5 Å². The molecular formula is C13H22IN3O2S2. The number of guanidine groups is 1. The van der Waals surface area contributed by atoms with Gasteiger partial charge in [-0.15, -0.1) is 35.3 Å². The van der Waals surface area contributed by atoms with Crippen LogP contribution >= 0.6 is 35.3 Å². The van der Waals surface area contributed by atoms with Crippen LogP contribution in [0.5, 0.6) is 0 Å². The van der Waals surface area contributed by atoms with Gasteiger partial charge in [-0.3, -0.25) is 4.99 Å². The Balaban J connectivity index is 0.00000220. The van der Waals surface area contributed by atoms with Crippen LogP contribution in [-0.2, 0) is 16.3 Å². The highest BCUT2D eigenvalue weighted by Gasteiger charge is 2.28. The van der Waals surface area contributed by atoms with Crippen molar-refractivity contribution in [1.82, 2.24) is 10.6 Å². The van der Waals surface area contributed by atoms with E-state index in [-0.39, 0.29) is 41.5 Å². The van der Waals surface area contributed by atoms with Gasteiger partial charge >= 0.3 is 0 Å². The second-order valence-electron chi connectivity index (χ2n) is 4.83. The molecule has 0 radical (unpaired) electrons. The molecular weight excluding hydrogens is 421 g/mol. The van der Waals surface area contributed by atoms with E-state index in [4.69, 9.17) is 0 Å². The Bertz CT molecular complexity index is 544. The number of aliphatic imine (C=N–C) groups is 1. The summed E-state index contributed by atoms with van der Waals surface area (Å²) in [5.41, 5.74) is 0. The lowest BCUT2D eigenvalue weighted by atomic mass is 10.3. The van der Waals surface area contributed by atoms with Crippen LogP contribution < -0.4 is 10.6 Å². The summed E-state index contributed by atoms with van der Waals surface area (Å²) in [5, 5.41) is 8.44. The van der Waals surface area contributed by atoms with Gasteiger partial charge < -0.3 is 10.6 Å². The lowest BCUT2D eigenvalue weighted by Crippen LogP contribution is -2.44. The summed E-state index contributed by atoms with van der Waals surface area (Å²) >= 11 is 1.73. The summed E-state index contributed by atoms with van der Waals surface area (Å²) in [6.45, 7) is 3.47. The van der Waals surface area contributed by atoms with Gasteiger partial charge in [-0.2, -0.15) is 0 Å². The van der Waals surface area contributed by atoms with Gasteiger partial charge in [0.1, 0.15) is 0 Å². The van der Waals surface area contributed by atoms with E-state index in [9.17, 15) is 8.42 Å². The van der Waals surface area contributed by atoms with Gasteiger partial charge in [0.15, 0.2) is 15.8 Å². The molecule has 8 heteroatoms. The second kappa shape index (κ2) is 8.94. The van der Waals surface area contributed by atoms with Crippen molar-refractivity contribution in [2.75, 3.05) is 24.6 Å². The Morgan fingerprint density at radius 3 is 2.90 bits per heavy atom. The first-order chi connectivity index (χ1) is 9.59. The SMILES string of the molecule is CCNC(=NCCc1cccs1)NC1CCS(=O)(=O)C1.I. The molecule has 0 bridgehead atoms. The van der Waals surface area contributed by atoms with Crippen LogP contribution in [-0.4, -0.2) is 45.0 Å². The Morgan fingerprint density at radius 1 is 1.52 bits per heavy atom. The molecule has 0 aromatic carbocycles. The summed E-state index contributed by atoms with van der Waals surface area (Å²) in [5.74, 6) is 1.20. The van der Waals surface area contributed by atoms with Gasteiger partial charge in [-0.1, -0.05) is 6.07 Å². The summed E-state index contributed by atoms with van der Waals surface area (Å²) in [4.78, 5) is 5.82. The maximum Gasteiger partial charge on any atom is 0.191 e. The molecule has 5 nitrogen and oxygen atoms in total. The molecule has 1 unspecified atom stereocenters. The molecule has 0 amide bonds. The molecule has 1 aromatic rings. The molecule has 2 heterocycles. The van der Waals surface area contributed by atoms with Crippen molar-refractivity contribution >= 4 is 51.1 Å². The Morgan fingerprint density at radius 2 is 2.33 bits per heavy atom. The Labute approximate surface area is 147 Å². The van der Waals surface area contributed by atoms with Gasteiger partial charge in [0.25, 0.3) is 0 Å². The van der Waals surface area contributed by atoms with Crippen molar-refractivity contribution in [3.05, 3.63) is 22.4 Å². The van der Waals surface area contributed by atoms with Gasteiger partial charge in [-0.05, 0) is 24.8 Å². The van der Waals surface area contributed by atoms with Crippen LogP contribution in [0, 0.1) is 0 Å². The van der Waals surface area contributed by atoms with Crippen molar-refractivity contribution in [3.63, 3.8) is 0 Å². The molecule has 2 N–H and O–H groups in total.